The van der Waals surface area contributed by atoms with Crippen LogP contribution in [-0.2, 0) is 7.05 Å². The van der Waals surface area contributed by atoms with Crippen LogP contribution in [0.2, 0.25) is 0 Å². The summed E-state index contributed by atoms with van der Waals surface area (Å²) < 4.78 is 6.87. The predicted octanol–water partition coefficient (Wildman–Crippen LogP) is 4.85. The molecule has 7 nitrogen and oxygen atoms in total. The lowest BCUT2D eigenvalue weighted by molar-refractivity contribution is 0.262. The molecule has 2 heterocycles. The topological polar surface area (TPSA) is 85.2 Å². The first-order chi connectivity index (χ1) is 14.9. The third-order valence-corrected chi connectivity index (χ3v) is 6.08. The zero-order valence-electron chi connectivity index (χ0n) is 18.0. The van der Waals surface area contributed by atoms with Crippen LogP contribution in [-0.4, -0.2) is 35.2 Å². The SMILES string of the molecule is COc1ccccc1-c1ccn(C)c(=O)c1NC(=O)Nc1c(SC)cc(C)nc1SC. The van der Waals surface area contributed by atoms with Crippen LogP contribution in [0, 0.1) is 6.92 Å². The number of hydrogen-bond acceptors (Lipinski definition) is 6. The van der Waals surface area contributed by atoms with Gasteiger partial charge in [0.05, 0.1) is 12.8 Å². The zero-order valence-corrected chi connectivity index (χ0v) is 19.6. The number of urea groups is 1. The molecule has 0 fully saturated rings. The minimum absolute atomic E-state index is 0.170. The number of methoxy groups -OCH3 is 1. The molecule has 0 bridgehead atoms. The van der Waals surface area contributed by atoms with Gasteiger partial charge in [-0.25, -0.2) is 9.78 Å². The molecule has 0 aliphatic heterocycles. The van der Waals surface area contributed by atoms with Crippen LogP contribution in [0.5, 0.6) is 5.75 Å². The maximum atomic E-state index is 13.0. The summed E-state index contributed by atoms with van der Waals surface area (Å²) in [5.41, 5.74) is 2.63. The van der Waals surface area contributed by atoms with Gasteiger partial charge >= 0.3 is 6.03 Å². The summed E-state index contributed by atoms with van der Waals surface area (Å²) in [6.07, 6.45) is 5.51. The summed E-state index contributed by atoms with van der Waals surface area (Å²) >= 11 is 2.97. The molecule has 2 amide bonds. The molecule has 0 aliphatic rings. The molecule has 0 radical (unpaired) electrons. The number of nitrogens with zero attached hydrogens (tertiary/aromatic N) is 2. The molecule has 0 aliphatic carbocycles. The van der Waals surface area contributed by atoms with E-state index in [9.17, 15) is 9.59 Å². The predicted molar refractivity (Wildman–Crippen MR) is 129 cm³/mol. The fraction of sp³-hybridized carbons (Fsp3) is 0.227. The van der Waals surface area contributed by atoms with Crippen LogP contribution >= 0.6 is 23.5 Å². The third kappa shape index (κ3) is 4.88. The van der Waals surface area contributed by atoms with Crippen molar-refractivity contribution in [3.05, 3.63) is 58.6 Å². The summed E-state index contributed by atoms with van der Waals surface area (Å²) in [5.74, 6) is 0.608. The van der Waals surface area contributed by atoms with Gasteiger partial charge in [0.2, 0.25) is 0 Å². The molecule has 162 valence electrons. The van der Waals surface area contributed by atoms with Gasteiger partial charge < -0.3 is 19.9 Å². The number of aromatic nitrogens is 2. The van der Waals surface area contributed by atoms with E-state index in [-0.39, 0.29) is 11.2 Å². The van der Waals surface area contributed by atoms with Gasteiger partial charge in [-0.15, -0.1) is 23.5 Å². The number of carbonyl (C=O) groups excluding carboxylic acids is 1. The van der Waals surface area contributed by atoms with Gasteiger partial charge in [-0.1, -0.05) is 18.2 Å². The molecule has 0 spiro atoms. The summed E-state index contributed by atoms with van der Waals surface area (Å²) in [7, 11) is 3.21. The van der Waals surface area contributed by atoms with E-state index in [1.807, 2.05) is 49.8 Å². The number of amides is 2. The van der Waals surface area contributed by atoms with Crippen LogP contribution < -0.4 is 20.9 Å². The van der Waals surface area contributed by atoms with Gasteiger partial charge in [0.15, 0.2) is 0 Å². The van der Waals surface area contributed by atoms with Crippen LogP contribution in [0.3, 0.4) is 0 Å². The van der Waals surface area contributed by atoms with Crippen molar-refractivity contribution in [1.82, 2.24) is 9.55 Å². The molecule has 3 aromatic rings. The van der Waals surface area contributed by atoms with E-state index >= 15 is 0 Å². The van der Waals surface area contributed by atoms with Crippen molar-refractivity contribution in [2.45, 2.75) is 16.8 Å². The van der Waals surface area contributed by atoms with Crippen LogP contribution in [0.1, 0.15) is 5.69 Å². The highest BCUT2D eigenvalue weighted by atomic mass is 32.2. The van der Waals surface area contributed by atoms with Gasteiger partial charge in [0.25, 0.3) is 5.56 Å². The van der Waals surface area contributed by atoms with Gasteiger partial charge in [-0.2, -0.15) is 0 Å². The third-order valence-electron chi connectivity index (χ3n) is 4.63. The summed E-state index contributed by atoms with van der Waals surface area (Å²) in [5, 5.41) is 6.34. The van der Waals surface area contributed by atoms with Crippen molar-refractivity contribution in [2.24, 2.45) is 7.05 Å². The smallest absolute Gasteiger partial charge is 0.323 e. The summed E-state index contributed by atoms with van der Waals surface area (Å²) in [6.45, 7) is 1.91. The number of anilines is 2. The van der Waals surface area contributed by atoms with Crippen molar-refractivity contribution in [2.75, 3.05) is 30.3 Å². The Bertz CT molecular complexity index is 1150. The lowest BCUT2D eigenvalue weighted by Gasteiger charge is -2.17. The fourth-order valence-electron chi connectivity index (χ4n) is 3.14. The van der Waals surface area contributed by atoms with E-state index in [4.69, 9.17) is 4.74 Å². The number of hydrogen-bond donors (Lipinski definition) is 2. The molecular formula is C22H24N4O3S2. The van der Waals surface area contributed by atoms with E-state index in [0.29, 0.717) is 27.6 Å². The highest BCUT2D eigenvalue weighted by Crippen LogP contribution is 2.35. The van der Waals surface area contributed by atoms with Crippen molar-refractivity contribution in [3.8, 4) is 16.9 Å². The van der Waals surface area contributed by atoms with Crippen molar-refractivity contribution in [3.63, 3.8) is 0 Å². The number of carbonyl (C=O) groups is 1. The van der Waals surface area contributed by atoms with E-state index in [1.54, 1.807) is 26.4 Å². The number of nitrogens with one attached hydrogen (secondary N) is 2. The standard InChI is InChI=1S/C22H24N4O3S2/c1-13-12-17(30-4)19(20(23-13)31-5)25-22(28)24-18-15(10-11-26(2)21(18)27)14-8-6-7-9-16(14)29-3/h6-12H,1-5H3,(H2,24,25,28). The normalized spacial score (nSPS) is 10.6. The van der Waals surface area contributed by atoms with Gasteiger partial charge in [-0.3, -0.25) is 4.79 Å². The van der Waals surface area contributed by atoms with Crippen molar-refractivity contribution >= 4 is 40.9 Å². The van der Waals surface area contributed by atoms with E-state index in [0.717, 1.165) is 10.6 Å². The van der Waals surface area contributed by atoms with E-state index in [2.05, 4.69) is 15.6 Å². The summed E-state index contributed by atoms with van der Waals surface area (Å²) in [6, 6.07) is 10.5. The first kappa shape index (κ1) is 22.8. The number of pyridine rings is 2. The first-order valence-corrected chi connectivity index (χ1v) is 11.8. The molecule has 9 heteroatoms. The van der Waals surface area contributed by atoms with Crippen LogP contribution in [0.4, 0.5) is 16.2 Å². The lowest BCUT2D eigenvalue weighted by atomic mass is 10.0. The minimum atomic E-state index is -0.518. The van der Waals surface area contributed by atoms with Gasteiger partial charge in [0.1, 0.15) is 16.5 Å². The van der Waals surface area contributed by atoms with Crippen molar-refractivity contribution in [1.29, 1.82) is 0 Å². The number of aryl methyl sites for hydroxylation is 2. The van der Waals surface area contributed by atoms with Gasteiger partial charge in [-0.05, 0) is 37.6 Å². The van der Waals surface area contributed by atoms with E-state index < -0.39 is 6.03 Å². The average molecular weight is 457 g/mol. The monoisotopic (exact) mass is 456 g/mol. The Morgan fingerprint density at radius 1 is 1.06 bits per heavy atom. The second-order valence-electron chi connectivity index (χ2n) is 6.65. The summed E-state index contributed by atoms with van der Waals surface area (Å²) in [4.78, 5) is 31.3. The highest BCUT2D eigenvalue weighted by molar-refractivity contribution is 7.99. The van der Waals surface area contributed by atoms with Gasteiger partial charge in [0, 0.05) is 35.0 Å². The maximum absolute atomic E-state index is 13.0. The van der Waals surface area contributed by atoms with E-state index in [1.165, 1.54) is 28.1 Å². The van der Waals surface area contributed by atoms with Crippen LogP contribution in [0.15, 0.2) is 57.3 Å². The number of benzene rings is 1. The Balaban J connectivity index is 2.02. The molecule has 1 aromatic carbocycles. The number of para-hydroxylation sites is 1. The molecule has 0 saturated carbocycles. The second kappa shape index (κ2) is 9.93. The molecule has 0 saturated heterocycles. The molecule has 2 aromatic heterocycles. The highest BCUT2D eigenvalue weighted by Gasteiger charge is 2.19. The Labute approximate surface area is 189 Å². The number of rotatable bonds is 6. The quantitative estimate of drug-likeness (QED) is 0.516. The largest absolute Gasteiger partial charge is 0.496 e. The number of thioether (sulfide) groups is 2. The maximum Gasteiger partial charge on any atom is 0.323 e. The number of ether oxygens (including phenoxy) is 1. The molecule has 2 N–H and O–H groups in total. The second-order valence-corrected chi connectivity index (χ2v) is 8.29. The lowest BCUT2D eigenvalue weighted by Crippen LogP contribution is -2.28. The molecular weight excluding hydrogens is 432 g/mol. The zero-order chi connectivity index (χ0) is 22.5. The Morgan fingerprint density at radius 3 is 2.45 bits per heavy atom. The molecule has 0 atom stereocenters. The average Bonchev–Trinajstić information content (AvgIpc) is 2.77. The van der Waals surface area contributed by atoms with Crippen molar-refractivity contribution < 1.29 is 9.53 Å². The molecule has 31 heavy (non-hydrogen) atoms. The van der Waals surface area contributed by atoms with Crippen LogP contribution in [0.25, 0.3) is 11.1 Å². The minimum Gasteiger partial charge on any atom is -0.496 e. The first-order valence-electron chi connectivity index (χ1n) is 9.40. The molecule has 0 unspecified atom stereocenters. The Kier molecular flexibility index (Phi) is 7.29. The molecule has 3 rings (SSSR count). The Morgan fingerprint density at radius 2 is 1.77 bits per heavy atom. The Hall–Kier alpha value is -2.91. The fourth-order valence-corrected chi connectivity index (χ4v) is 4.44.